The molecule has 0 radical (unpaired) electrons. The van der Waals surface area contributed by atoms with E-state index in [-0.39, 0.29) is 48.1 Å². The smallest absolute Gasteiger partial charge is 0.234 e. The fourth-order valence-corrected chi connectivity index (χ4v) is 3.44. The number of carbonyl (C=O) groups is 2. The van der Waals surface area contributed by atoms with Crippen LogP contribution in [0.5, 0.6) is 0 Å². The van der Waals surface area contributed by atoms with Crippen LogP contribution in [0.15, 0.2) is 12.2 Å². The molecule has 2 aliphatic carbocycles. The average Bonchev–Trinajstić information content (AvgIpc) is 2.92. The molecule has 4 heteroatoms. The summed E-state index contributed by atoms with van der Waals surface area (Å²) >= 11 is 0. The highest BCUT2D eigenvalue weighted by molar-refractivity contribution is 6.06. The van der Waals surface area contributed by atoms with Crippen LogP contribution in [-0.2, 0) is 9.59 Å². The van der Waals surface area contributed by atoms with Crippen LogP contribution in [0.25, 0.3) is 0 Å². The molecular formula is C12H15NO3. The molecule has 86 valence electrons. The van der Waals surface area contributed by atoms with Gasteiger partial charge >= 0.3 is 0 Å². The minimum atomic E-state index is -0.384. The standard InChI is InChI=1S/C12H15NO3/c1-6(5-14)13-11(15)9-7-2-3-8(4-7)10(9)12(13)16/h2-3,6-10,14H,4-5H2,1H3. The number of imide groups is 1. The van der Waals surface area contributed by atoms with Crippen molar-refractivity contribution in [3.8, 4) is 0 Å². The summed E-state index contributed by atoms with van der Waals surface area (Å²) in [5.41, 5.74) is 0. The maximum absolute atomic E-state index is 12.1. The molecule has 5 unspecified atom stereocenters. The molecule has 0 aromatic heterocycles. The third-order valence-corrected chi connectivity index (χ3v) is 4.21. The van der Waals surface area contributed by atoms with E-state index in [2.05, 4.69) is 12.2 Å². The highest BCUT2D eigenvalue weighted by Crippen LogP contribution is 2.52. The van der Waals surface area contributed by atoms with Gasteiger partial charge in [0.05, 0.1) is 24.5 Å². The van der Waals surface area contributed by atoms with Crippen molar-refractivity contribution in [1.82, 2.24) is 4.90 Å². The highest BCUT2D eigenvalue weighted by atomic mass is 16.3. The molecule has 2 amide bonds. The first-order chi connectivity index (χ1) is 7.65. The number of amides is 2. The summed E-state index contributed by atoms with van der Waals surface area (Å²) < 4.78 is 0. The van der Waals surface area contributed by atoms with Gasteiger partial charge in [-0.3, -0.25) is 14.5 Å². The number of hydrogen-bond donors (Lipinski definition) is 1. The second-order valence-corrected chi connectivity index (χ2v) is 5.08. The summed E-state index contributed by atoms with van der Waals surface area (Å²) in [7, 11) is 0. The molecule has 0 aromatic rings. The number of allylic oxidation sites excluding steroid dienone is 2. The number of rotatable bonds is 2. The highest BCUT2D eigenvalue weighted by Gasteiger charge is 2.59. The van der Waals surface area contributed by atoms with Crippen molar-refractivity contribution < 1.29 is 14.7 Å². The number of nitrogens with zero attached hydrogens (tertiary/aromatic N) is 1. The summed E-state index contributed by atoms with van der Waals surface area (Å²) in [6.07, 6.45) is 5.10. The van der Waals surface area contributed by atoms with Gasteiger partial charge in [-0.25, -0.2) is 0 Å². The number of aliphatic hydroxyl groups is 1. The third kappa shape index (κ3) is 1.03. The van der Waals surface area contributed by atoms with E-state index in [1.165, 1.54) is 4.90 Å². The Morgan fingerprint density at radius 2 is 1.81 bits per heavy atom. The lowest BCUT2D eigenvalue weighted by Crippen LogP contribution is -2.42. The molecule has 3 rings (SSSR count). The first kappa shape index (κ1) is 10.0. The van der Waals surface area contributed by atoms with E-state index < -0.39 is 0 Å². The molecule has 2 bridgehead atoms. The average molecular weight is 221 g/mol. The van der Waals surface area contributed by atoms with Gasteiger partial charge in [-0.05, 0) is 25.2 Å². The molecular weight excluding hydrogens is 206 g/mol. The Bertz CT molecular complexity index is 360. The maximum atomic E-state index is 12.1. The molecule has 16 heavy (non-hydrogen) atoms. The van der Waals surface area contributed by atoms with Crippen molar-refractivity contribution in [1.29, 1.82) is 0 Å². The molecule has 4 nitrogen and oxygen atoms in total. The fourth-order valence-electron chi connectivity index (χ4n) is 3.44. The van der Waals surface area contributed by atoms with Crippen LogP contribution in [0.4, 0.5) is 0 Å². The van der Waals surface area contributed by atoms with Gasteiger partial charge in [-0.2, -0.15) is 0 Å². The normalized spacial score (nSPS) is 42.0. The van der Waals surface area contributed by atoms with Crippen molar-refractivity contribution in [3.63, 3.8) is 0 Å². The van der Waals surface area contributed by atoms with Gasteiger partial charge in [0, 0.05) is 0 Å². The van der Waals surface area contributed by atoms with Crippen molar-refractivity contribution in [2.24, 2.45) is 23.7 Å². The summed E-state index contributed by atoms with van der Waals surface area (Å²) in [6, 6.07) is -0.384. The van der Waals surface area contributed by atoms with Crippen LogP contribution in [0.2, 0.25) is 0 Å². The SMILES string of the molecule is CC(CO)N1C(=O)C2C3C=CC(C3)C2C1=O. The Kier molecular flexibility index (Phi) is 1.98. The minimum Gasteiger partial charge on any atom is -0.394 e. The Labute approximate surface area is 93.9 Å². The van der Waals surface area contributed by atoms with Gasteiger partial charge in [-0.1, -0.05) is 12.2 Å². The number of likely N-dealkylation sites (tertiary alicyclic amines) is 1. The zero-order valence-corrected chi connectivity index (χ0v) is 9.17. The Morgan fingerprint density at radius 1 is 1.31 bits per heavy atom. The molecule has 1 saturated heterocycles. The molecule has 1 saturated carbocycles. The van der Waals surface area contributed by atoms with Crippen LogP contribution >= 0.6 is 0 Å². The second-order valence-electron chi connectivity index (χ2n) is 5.08. The first-order valence-electron chi connectivity index (χ1n) is 5.81. The van der Waals surface area contributed by atoms with E-state index in [4.69, 9.17) is 5.11 Å². The van der Waals surface area contributed by atoms with Crippen LogP contribution in [0.1, 0.15) is 13.3 Å². The van der Waals surface area contributed by atoms with Gasteiger partial charge in [0.15, 0.2) is 0 Å². The zero-order chi connectivity index (χ0) is 11.4. The Balaban J connectivity index is 1.94. The van der Waals surface area contributed by atoms with Gasteiger partial charge in [0.2, 0.25) is 11.8 Å². The van der Waals surface area contributed by atoms with Gasteiger partial charge in [0.25, 0.3) is 0 Å². The third-order valence-electron chi connectivity index (χ3n) is 4.21. The number of aliphatic hydroxyl groups excluding tert-OH is 1. The monoisotopic (exact) mass is 221 g/mol. The Hall–Kier alpha value is -1.16. The van der Waals surface area contributed by atoms with Gasteiger partial charge in [0.1, 0.15) is 0 Å². The quantitative estimate of drug-likeness (QED) is 0.534. The second kappa shape index (κ2) is 3.17. The molecule has 0 aromatic carbocycles. The topological polar surface area (TPSA) is 57.6 Å². The lowest BCUT2D eigenvalue weighted by Gasteiger charge is -2.22. The van der Waals surface area contributed by atoms with Crippen LogP contribution in [0.3, 0.4) is 0 Å². The summed E-state index contributed by atoms with van der Waals surface area (Å²) in [5, 5.41) is 9.08. The summed E-state index contributed by atoms with van der Waals surface area (Å²) in [5.74, 6) is 0.0690. The van der Waals surface area contributed by atoms with Crippen LogP contribution in [-0.4, -0.2) is 34.5 Å². The molecule has 1 N–H and O–H groups in total. The molecule has 0 spiro atoms. The minimum absolute atomic E-state index is 0.0756. The predicted octanol–water partition coefficient (Wildman–Crippen LogP) is 0.174. The molecule has 1 aliphatic heterocycles. The van der Waals surface area contributed by atoms with Gasteiger partial charge in [-0.15, -0.1) is 0 Å². The zero-order valence-electron chi connectivity index (χ0n) is 9.17. The van der Waals surface area contributed by atoms with E-state index in [1.807, 2.05) is 0 Å². The fraction of sp³-hybridized carbons (Fsp3) is 0.667. The van der Waals surface area contributed by atoms with E-state index >= 15 is 0 Å². The first-order valence-corrected chi connectivity index (χ1v) is 5.81. The van der Waals surface area contributed by atoms with Crippen molar-refractivity contribution >= 4 is 11.8 Å². The molecule has 3 aliphatic rings. The summed E-state index contributed by atoms with van der Waals surface area (Å²) in [6.45, 7) is 1.56. The van der Waals surface area contributed by atoms with Crippen molar-refractivity contribution in [2.45, 2.75) is 19.4 Å². The predicted molar refractivity (Wildman–Crippen MR) is 56.1 cm³/mol. The van der Waals surface area contributed by atoms with E-state index in [9.17, 15) is 9.59 Å². The number of carbonyl (C=O) groups excluding carboxylic acids is 2. The molecule has 2 fully saturated rings. The lowest BCUT2D eigenvalue weighted by molar-refractivity contribution is -0.144. The van der Waals surface area contributed by atoms with Crippen LogP contribution in [0, 0.1) is 23.7 Å². The van der Waals surface area contributed by atoms with E-state index in [0.717, 1.165) is 6.42 Å². The maximum Gasteiger partial charge on any atom is 0.234 e. The van der Waals surface area contributed by atoms with Crippen molar-refractivity contribution in [3.05, 3.63) is 12.2 Å². The number of hydrogen-bond acceptors (Lipinski definition) is 3. The Morgan fingerprint density at radius 3 is 2.25 bits per heavy atom. The van der Waals surface area contributed by atoms with Crippen molar-refractivity contribution in [2.75, 3.05) is 6.61 Å². The largest absolute Gasteiger partial charge is 0.394 e. The summed E-state index contributed by atoms with van der Waals surface area (Å²) in [4.78, 5) is 25.6. The van der Waals surface area contributed by atoms with Crippen LogP contribution < -0.4 is 0 Å². The van der Waals surface area contributed by atoms with E-state index in [1.54, 1.807) is 6.92 Å². The molecule has 5 atom stereocenters. The van der Waals surface area contributed by atoms with Gasteiger partial charge < -0.3 is 5.11 Å². The lowest BCUT2D eigenvalue weighted by atomic mass is 9.85. The number of fused-ring (bicyclic) bond motifs is 5. The van der Waals surface area contributed by atoms with E-state index in [0.29, 0.717) is 0 Å². The molecule has 1 heterocycles.